The Hall–Kier alpha value is -3.12. The van der Waals surface area contributed by atoms with E-state index in [-0.39, 0.29) is 24.6 Å². The van der Waals surface area contributed by atoms with Crippen molar-refractivity contribution in [2.24, 2.45) is 0 Å². The van der Waals surface area contributed by atoms with E-state index in [0.29, 0.717) is 21.7 Å². The van der Waals surface area contributed by atoms with Gasteiger partial charge < -0.3 is 14.6 Å². The first-order valence-corrected chi connectivity index (χ1v) is 9.15. The summed E-state index contributed by atoms with van der Waals surface area (Å²) in [7, 11) is 0. The second-order valence-corrected chi connectivity index (χ2v) is 6.75. The molecule has 0 saturated heterocycles. The van der Waals surface area contributed by atoms with Crippen molar-refractivity contribution in [3.63, 3.8) is 0 Å². The zero-order valence-corrected chi connectivity index (χ0v) is 16.2. The lowest BCUT2D eigenvalue weighted by Crippen LogP contribution is -2.39. The lowest BCUT2D eigenvalue weighted by atomic mass is 10.1. The van der Waals surface area contributed by atoms with E-state index in [0.717, 1.165) is 5.56 Å². The summed E-state index contributed by atoms with van der Waals surface area (Å²) in [6, 6.07) is 13.6. The number of carbonyl (C=O) groups is 2. The van der Waals surface area contributed by atoms with Crippen LogP contribution in [0.1, 0.15) is 22.8 Å². The van der Waals surface area contributed by atoms with E-state index in [2.05, 4.69) is 5.32 Å². The van der Waals surface area contributed by atoms with Crippen LogP contribution in [-0.4, -0.2) is 29.8 Å². The average molecular weight is 399 g/mol. The van der Waals surface area contributed by atoms with Gasteiger partial charge in [0.05, 0.1) is 0 Å². The number of rotatable bonds is 5. The van der Waals surface area contributed by atoms with E-state index in [1.165, 1.54) is 11.0 Å². The quantitative estimate of drug-likeness (QED) is 0.662. The summed E-state index contributed by atoms with van der Waals surface area (Å²) < 4.78 is 5.22. The highest BCUT2D eigenvalue weighted by Gasteiger charge is 2.22. The maximum absolute atomic E-state index is 12.8. The van der Waals surface area contributed by atoms with Crippen molar-refractivity contribution in [1.29, 1.82) is 0 Å². The molecule has 0 atom stereocenters. The fourth-order valence-corrected chi connectivity index (χ4v) is 2.97. The zero-order valence-electron chi connectivity index (χ0n) is 15.5. The van der Waals surface area contributed by atoms with Crippen LogP contribution in [0.2, 0.25) is 5.02 Å². The van der Waals surface area contributed by atoms with E-state index in [1.807, 2.05) is 6.92 Å². The van der Waals surface area contributed by atoms with E-state index < -0.39 is 11.5 Å². The Morgan fingerprint density at radius 3 is 2.64 bits per heavy atom. The largest absolute Gasteiger partial charge is 0.422 e. The molecule has 0 bridgehead atoms. The Balaban J connectivity index is 1.80. The van der Waals surface area contributed by atoms with Gasteiger partial charge in [0.25, 0.3) is 5.91 Å². The lowest BCUT2D eigenvalue weighted by molar-refractivity contribution is -0.116. The first kappa shape index (κ1) is 19.6. The molecule has 0 radical (unpaired) electrons. The molecule has 0 saturated carbocycles. The lowest BCUT2D eigenvalue weighted by Gasteiger charge is -2.20. The summed E-state index contributed by atoms with van der Waals surface area (Å²) in [6.45, 7) is 3.63. The van der Waals surface area contributed by atoms with Crippen LogP contribution < -0.4 is 10.9 Å². The molecule has 0 unspecified atom stereocenters. The van der Waals surface area contributed by atoms with Crippen LogP contribution in [-0.2, 0) is 4.79 Å². The number of amides is 2. The summed E-state index contributed by atoms with van der Waals surface area (Å²) in [5.41, 5.74) is 0.996. The van der Waals surface area contributed by atoms with Gasteiger partial charge in [0.2, 0.25) is 5.91 Å². The maximum atomic E-state index is 12.8. The molecule has 7 heteroatoms. The molecule has 1 heterocycles. The van der Waals surface area contributed by atoms with Gasteiger partial charge in [-0.2, -0.15) is 0 Å². The van der Waals surface area contributed by atoms with E-state index in [9.17, 15) is 14.4 Å². The third kappa shape index (κ3) is 4.23. The van der Waals surface area contributed by atoms with Gasteiger partial charge in [-0.05, 0) is 43.7 Å². The number of likely N-dealkylation sites (N-methyl/N-ethyl adjacent to an activating group) is 1. The van der Waals surface area contributed by atoms with Crippen molar-refractivity contribution in [3.8, 4) is 0 Å². The Morgan fingerprint density at radius 2 is 1.89 bits per heavy atom. The molecule has 0 aliphatic heterocycles. The minimum absolute atomic E-state index is 0.104. The van der Waals surface area contributed by atoms with Crippen molar-refractivity contribution >= 4 is 40.1 Å². The minimum Gasteiger partial charge on any atom is -0.422 e. The number of nitrogens with zero attached hydrogens (tertiary/aromatic N) is 1. The van der Waals surface area contributed by atoms with Crippen LogP contribution >= 0.6 is 11.6 Å². The van der Waals surface area contributed by atoms with Crippen LogP contribution in [0, 0.1) is 6.92 Å². The van der Waals surface area contributed by atoms with Gasteiger partial charge in [0, 0.05) is 22.6 Å². The Labute approximate surface area is 166 Å². The third-order valence-corrected chi connectivity index (χ3v) is 4.58. The average Bonchev–Trinajstić information content (AvgIpc) is 2.68. The van der Waals surface area contributed by atoms with Gasteiger partial charge in [0.1, 0.15) is 17.7 Å². The molecule has 2 aromatic carbocycles. The molecule has 1 N–H and O–H groups in total. The highest BCUT2D eigenvalue weighted by atomic mass is 35.5. The normalized spacial score (nSPS) is 10.7. The van der Waals surface area contributed by atoms with Gasteiger partial charge in [-0.25, -0.2) is 4.79 Å². The number of aryl methyl sites for hydroxylation is 1. The van der Waals surface area contributed by atoms with Gasteiger partial charge in [-0.15, -0.1) is 0 Å². The molecule has 3 rings (SSSR count). The smallest absolute Gasteiger partial charge is 0.349 e. The molecule has 6 nitrogen and oxygen atoms in total. The monoisotopic (exact) mass is 398 g/mol. The molecule has 3 aromatic rings. The number of benzene rings is 2. The van der Waals surface area contributed by atoms with Crippen molar-refractivity contribution in [2.45, 2.75) is 13.8 Å². The maximum Gasteiger partial charge on any atom is 0.349 e. The topological polar surface area (TPSA) is 79.6 Å². The molecular formula is C21H19ClN2O4. The SMILES string of the molecule is CCN(CC(=O)Nc1cc(Cl)ccc1C)C(=O)c1cc2ccccc2oc1=O. The minimum atomic E-state index is -0.728. The molecule has 2 amide bonds. The number of halogens is 1. The van der Waals surface area contributed by atoms with Gasteiger partial charge >= 0.3 is 5.63 Å². The van der Waals surface area contributed by atoms with Crippen LogP contribution in [0.4, 0.5) is 5.69 Å². The van der Waals surface area contributed by atoms with Crippen molar-refractivity contribution in [2.75, 3.05) is 18.4 Å². The standard InChI is InChI=1S/C21H19ClN2O4/c1-3-24(12-19(25)23-17-11-15(22)9-8-13(17)2)20(26)16-10-14-6-4-5-7-18(14)28-21(16)27/h4-11H,3,12H2,1-2H3,(H,23,25). The number of para-hydroxylation sites is 1. The zero-order chi connectivity index (χ0) is 20.3. The molecular weight excluding hydrogens is 380 g/mol. The summed E-state index contributed by atoms with van der Waals surface area (Å²) >= 11 is 5.97. The second kappa shape index (κ2) is 8.27. The van der Waals surface area contributed by atoms with E-state index in [4.69, 9.17) is 16.0 Å². The number of hydrogen-bond donors (Lipinski definition) is 1. The van der Waals surface area contributed by atoms with Crippen LogP contribution in [0.15, 0.2) is 57.7 Å². The van der Waals surface area contributed by atoms with Gasteiger partial charge in [0.15, 0.2) is 0 Å². The van der Waals surface area contributed by atoms with Crippen molar-refractivity contribution < 1.29 is 14.0 Å². The van der Waals surface area contributed by atoms with Gasteiger partial charge in [-0.3, -0.25) is 9.59 Å². The fraction of sp³-hybridized carbons (Fsp3) is 0.190. The molecule has 1 aromatic heterocycles. The first-order valence-electron chi connectivity index (χ1n) is 8.77. The first-order chi connectivity index (χ1) is 13.4. The molecule has 28 heavy (non-hydrogen) atoms. The number of nitrogens with one attached hydrogen (secondary N) is 1. The Kier molecular flexibility index (Phi) is 5.80. The molecule has 0 spiro atoms. The molecule has 0 aliphatic carbocycles. The highest BCUT2D eigenvalue weighted by molar-refractivity contribution is 6.31. The Bertz CT molecular complexity index is 1110. The number of carbonyl (C=O) groups excluding carboxylic acids is 2. The predicted molar refractivity (Wildman–Crippen MR) is 109 cm³/mol. The van der Waals surface area contributed by atoms with Crippen LogP contribution in [0.25, 0.3) is 11.0 Å². The van der Waals surface area contributed by atoms with E-state index in [1.54, 1.807) is 49.4 Å². The summed E-state index contributed by atoms with van der Waals surface area (Å²) in [4.78, 5) is 38.8. The summed E-state index contributed by atoms with van der Waals surface area (Å²) in [5.74, 6) is -0.939. The number of anilines is 1. The van der Waals surface area contributed by atoms with Crippen molar-refractivity contribution in [1.82, 2.24) is 4.90 Å². The summed E-state index contributed by atoms with van der Waals surface area (Å²) in [5, 5.41) is 3.89. The second-order valence-electron chi connectivity index (χ2n) is 6.31. The highest BCUT2D eigenvalue weighted by Crippen LogP contribution is 2.20. The van der Waals surface area contributed by atoms with Crippen LogP contribution in [0.3, 0.4) is 0 Å². The number of fused-ring (bicyclic) bond motifs is 1. The van der Waals surface area contributed by atoms with E-state index >= 15 is 0 Å². The van der Waals surface area contributed by atoms with Crippen LogP contribution in [0.5, 0.6) is 0 Å². The van der Waals surface area contributed by atoms with Gasteiger partial charge in [-0.1, -0.05) is 35.9 Å². The Morgan fingerprint density at radius 1 is 1.14 bits per heavy atom. The predicted octanol–water partition coefficient (Wildman–Crippen LogP) is 3.86. The van der Waals surface area contributed by atoms with Crippen molar-refractivity contribution in [3.05, 3.63) is 75.1 Å². The molecule has 0 fully saturated rings. The molecule has 144 valence electrons. The summed E-state index contributed by atoms with van der Waals surface area (Å²) in [6.07, 6.45) is 0. The third-order valence-electron chi connectivity index (χ3n) is 4.35. The molecule has 0 aliphatic rings. The number of hydrogen-bond acceptors (Lipinski definition) is 4. The fourth-order valence-electron chi connectivity index (χ4n) is 2.80.